The van der Waals surface area contributed by atoms with Gasteiger partial charge < -0.3 is 0 Å². The van der Waals surface area contributed by atoms with Gasteiger partial charge in [-0.25, -0.2) is 0 Å². The average Bonchev–Trinajstić information content (AvgIpc) is 2.01. The highest BCUT2D eigenvalue weighted by Crippen LogP contribution is 2.15. The number of benzene rings is 1. The van der Waals surface area contributed by atoms with Gasteiger partial charge in [-0.15, -0.1) is 6.42 Å². The number of terminal acetylenes is 1. The van der Waals surface area contributed by atoms with Crippen LogP contribution in [0, 0.1) is 39.2 Å². The molecule has 0 aliphatic carbocycles. The second kappa shape index (κ2) is 2.80. The van der Waals surface area contributed by atoms with Gasteiger partial charge in [0.2, 0.25) is 0 Å². The Hall–Kier alpha value is -1.22. The summed E-state index contributed by atoms with van der Waals surface area (Å²) in [4.78, 5) is 0. The van der Waals surface area contributed by atoms with Gasteiger partial charge in [-0.05, 0) is 49.6 Å². The zero-order valence-corrected chi connectivity index (χ0v) is 7.15. The van der Waals surface area contributed by atoms with Crippen LogP contribution in [0.3, 0.4) is 0 Å². The first kappa shape index (κ1) is 7.88. The topological polar surface area (TPSA) is 0 Å². The summed E-state index contributed by atoms with van der Waals surface area (Å²) in [7, 11) is 0. The van der Waals surface area contributed by atoms with Crippen LogP contribution in [-0.4, -0.2) is 0 Å². The van der Waals surface area contributed by atoms with Gasteiger partial charge in [-0.2, -0.15) is 0 Å². The molecule has 0 atom stereocenters. The highest BCUT2D eigenvalue weighted by molar-refractivity contribution is 5.45. The van der Waals surface area contributed by atoms with Crippen LogP contribution in [0.25, 0.3) is 0 Å². The van der Waals surface area contributed by atoms with Crippen LogP contribution in [0.2, 0.25) is 0 Å². The van der Waals surface area contributed by atoms with Gasteiger partial charge in [0.1, 0.15) is 0 Å². The van der Waals surface area contributed by atoms with Crippen LogP contribution in [0.1, 0.15) is 22.3 Å². The summed E-state index contributed by atoms with van der Waals surface area (Å²) in [6.45, 7) is 6.16. The summed E-state index contributed by atoms with van der Waals surface area (Å²) >= 11 is 0. The molecule has 0 saturated carbocycles. The predicted molar refractivity (Wildman–Crippen MR) is 47.4 cm³/mol. The van der Waals surface area contributed by atoms with Crippen molar-refractivity contribution in [2.45, 2.75) is 20.8 Å². The summed E-state index contributed by atoms with van der Waals surface area (Å²) in [5, 5.41) is 0. The Morgan fingerprint density at radius 3 is 2.45 bits per heavy atom. The molecule has 1 rings (SSSR count). The van der Waals surface area contributed by atoms with Crippen molar-refractivity contribution >= 4 is 0 Å². The number of aryl methyl sites for hydroxylation is 1. The van der Waals surface area contributed by atoms with E-state index in [-0.39, 0.29) is 0 Å². The fourth-order valence-corrected chi connectivity index (χ4v) is 1.03. The minimum atomic E-state index is 0.952. The molecule has 0 unspecified atom stereocenters. The lowest BCUT2D eigenvalue weighted by molar-refractivity contribution is 1.25. The molecular weight excluding hydrogens is 132 g/mol. The summed E-state index contributed by atoms with van der Waals surface area (Å²) in [6.07, 6.45) is 5.30. The van der Waals surface area contributed by atoms with Crippen molar-refractivity contribution in [3.8, 4) is 12.3 Å². The van der Waals surface area contributed by atoms with Crippen molar-refractivity contribution in [2.24, 2.45) is 0 Å². The van der Waals surface area contributed by atoms with Gasteiger partial charge in [0.25, 0.3) is 0 Å². The molecule has 55 valence electrons. The van der Waals surface area contributed by atoms with Gasteiger partial charge in [0.05, 0.1) is 0 Å². The molecule has 1 aromatic rings. The van der Waals surface area contributed by atoms with E-state index < -0.39 is 0 Å². The van der Waals surface area contributed by atoms with Gasteiger partial charge in [0.15, 0.2) is 0 Å². The first-order valence-electron chi connectivity index (χ1n) is 3.62. The molecule has 1 aromatic carbocycles. The second-order valence-electron chi connectivity index (χ2n) is 2.72. The van der Waals surface area contributed by atoms with Crippen LogP contribution in [-0.2, 0) is 0 Å². The fourth-order valence-electron chi connectivity index (χ4n) is 1.03. The molecular formula is C11H11. The first-order chi connectivity index (χ1) is 5.16. The van der Waals surface area contributed by atoms with Gasteiger partial charge >= 0.3 is 0 Å². The molecule has 0 aromatic heterocycles. The fraction of sp³-hybridized carbons (Fsp3) is 0.273. The highest BCUT2D eigenvalue weighted by atomic mass is 14.0. The van der Waals surface area contributed by atoms with Crippen molar-refractivity contribution in [1.29, 1.82) is 0 Å². The maximum Gasteiger partial charge on any atom is 0.0280 e. The van der Waals surface area contributed by atoms with Crippen LogP contribution < -0.4 is 0 Å². The van der Waals surface area contributed by atoms with E-state index in [1.54, 1.807) is 0 Å². The lowest BCUT2D eigenvalue weighted by Gasteiger charge is -2.05. The Bertz CT molecular complexity index is 314. The third-order valence-electron chi connectivity index (χ3n) is 2.12. The van der Waals surface area contributed by atoms with Gasteiger partial charge in [-0.1, -0.05) is 5.92 Å². The first-order valence-corrected chi connectivity index (χ1v) is 3.62. The molecule has 0 nitrogen and oxygen atoms in total. The zero-order chi connectivity index (χ0) is 8.43. The molecule has 0 heterocycles. The van der Waals surface area contributed by atoms with E-state index in [1.165, 1.54) is 16.7 Å². The molecule has 0 aliphatic heterocycles. The molecule has 0 aliphatic rings. The molecule has 11 heavy (non-hydrogen) atoms. The molecule has 0 fully saturated rings. The Labute approximate surface area is 68.3 Å². The SMILES string of the molecule is C#Cc1c[c]c(C)c(C)c1C. The number of hydrogen-bond acceptors (Lipinski definition) is 0. The van der Waals surface area contributed by atoms with Crippen molar-refractivity contribution in [2.75, 3.05) is 0 Å². The maximum absolute atomic E-state index is 5.30. The van der Waals surface area contributed by atoms with E-state index >= 15 is 0 Å². The molecule has 0 spiro atoms. The van der Waals surface area contributed by atoms with Crippen LogP contribution in [0.4, 0.5) is 0 Å². The lowest BCUT2D eigenvalue weighted by atomic mass is 9.99. The van der Waals surface area contributed by atoms with E-state index in [9.17, 15) is 0 Å². The third kappa shape index (κ3) is 1.28. The second-order valence-corrected chi connectivity index (χ2v) is 2.72. The van der Waals surface area contributed by atoms with E-state index in [2.05, 4.69) is 18.9 Å². The lowest BCUT2D eigenvalue weighted by Crippen LogP contribution is -1.90. The standard InChI is InChI=1S/C11H11/c1-5-11-7-6-8(2)9(3)10(11)4/h1,7H,2-4H3. The minimum absolute atomic E-state index is 0.952. The smallest absolute Gasteiger partial charge is 0.0280 e. The minimum Gasteiger partial charge on any atom is -0.115 e. The molecule has 0 N–H and O–H groups in total. The summed E-state index contributed by atoms with van der Waals surface area (Å²) in [5.74, 6) is 2.63. The third-order valence-corrected chi connectivity index (χ3v) is 2.12. The monoisotopic (exact) mass is 143 g/mol. The van der Waals surface area contributed by atoms with E-state index in [1.807, 2.05) is 19.9 Å². The number of hydrogen-bond donors (Lipinski definition) is 0. The van der Waals surface area contributed by atoms with Crippen LogP contribution in [0.15, 0.2) is 6.07 Å². The largest absolute Gasteiger partial charge is 0.115 e. The highest BCUT2D eigenvalue weighted by Gasteiger charge is 2.00. The van der Waals surface area contributed by atoms with Crippen molar-refractivity contribution in [1.82, 2.24) is 0 Å². The normalized spacial score (nSPS) is 9.27. The summed E-state index contributed by atoms with van der Waals surface area (Å²) in [6, 6.07) is 4.99. The van der Waals surface area contributed by atoms with E-state index in [0.29, 0.717) is 0 Å². The Morgan fingerprint density at radius 2 is 1.91 bits per heavy atom. The molecule has 0 saturated heterocycles. The average molecular weight is 143 g/mol. The summed E-state index contributed by atoms with van der Waals surface area (Å²) < 4.78 is 0. The summed E-state index contributed by atoms with van der Waals surface area (Å²) in [5.41, 5.74) is 4.58. The van der Waals surface area contributed by atoms with Crippen molar-refractivity contribution in [3.05, 3.63) is 34.4 Å². The van der Waals surface area contributed by atoms with Crippen molar-refractivity contribution < 1.29 is 0 Å². The maximum atomic E-state index is 5.30. The van der Waals surface area contributed by atoms with Crippen LogP contribution in [0.5, 0.6) is 0 Å². The Kier molecular flexibility index (Phi) is 2.01. The number of rotatable bonds is 0. The van der Waals surface area contributed by atoms with E-state index in [4.69, 9.17) is 6.42 Å². The zero-order valence-electron chi connectivity index (χ0n) is 7.15. The quantitative estimate of drug-likeness (QED) is 0.489. The van der Waals surface area contributed by atoms with Gasteiger partial charge in [-0.3, -0.25) is 0 Å². The Morgan fingerprint density at radius 1 is 1.27 bits per heavy atom. The molecule has 0 heteroatoms. The molecule has 0 bridgehead atoms. The molecule has 1 radical (unpaired) electrons. The predicted octanol–water partition coefficient (Wildman–Crippen LogP) is 2.39. The van der Waals surface area contributed by atoms with Crippen molar-refractivity contribution in [3.63, 3.8) is 0 Å². The Balaban J connectivity index is 3.40. The van der Waals surface area contributed by atoms with Crippen LogP contribution >= 0.6 is 0 Å². The molecule has 0 amide bonds. The van der Waals surface area contributed by atoms with E-state index in [0.717, 1.165) is 5.56 Å². The van der Waals surface area contributed by atoms with Gasteiger partial charge in [0, 0.05) is 5.56 Å².